The summed E-state index contributed by atoms with van der Waals surface area (Å²) in [4.78, 5) is 14.2. The van der Waals surface area contributed by atoms with Crippen LogP contribution in [0.5, 0.6) is 0 Å². The highest BCUT2D eigenvalue weighted by atomic mass is 19.4. The highest BCUT2D eigenvalue weighted by Crippen LogP contribution is 2.37. The monoisotopic (exact) mass is 304 g/mol. The molecule has 1 amide bonds. The average Bonchev–Trinajstić information content (AvgIpc) is 2.46. The topological polar surface area (TPSA) is 32.3 Å². The van der Waals surface area contributed by atoms with Crippen LogP contribution in [0.15, 0.2) is 0 Å². The van der Waals surface area contributed by atoms with Gasteiger partial charge in [-0.05, 0) is 51.1 Å². The van der Waals surface area contributed by atoms with E-state index in [4.69, 9.17) is 0 Å². The predicted octanol–water partition coefficient (Wildman–Crippen LogP) is 2.71. The average molecular weight is 304 g/mol. The van der Waals surface area contributed by atoms with Crippen LogP contribution in [0.4, 0.5) is 13.2 Å². The van der Waals surface area contributed by atoms with E-state index < -0.39 is 12.1 Å². The number of likely N-dealkylation sites (tertiary alicyclic amines) is 1. The van der Waals surface area contributed by atoms with Crippen molar-refractivity contribution in [2.45, 2.75) is 63.2 Å². The van der Waals surface area contributed by atoms with Crippen molar-refractivity contribution >= 4 is 5.91 Å². The minimum Gasteiger partial charge on any atom is -0.352 e. The van der Waals surface area contributed by atoms with Crippen molar-refractivity contribution in [1.82, 2.24) is 10.2 Å². The Morgan fingerprint density at radius 1 is 1.05 bits per heavy atom. The zero-order valence-electron chi connectivity index (χ0n) is 12.2. The molecule has 3 nitrogen and oxygen atoms in total. The maximum atomic E-state index is 12.7. The largest absolute Gasteiger partial charge is 0.391 e. The SMILES string of the molecule is O=C1N[C@@H]2CCCC[C@H]2C[C@H]1N1CCC(C(F)(F)F)CC1. The number of hydrogen-bond donors (Lipinski definition) is 1. The van der Waals surface area contributed by atoms with Gasteiger partial charge in [-0.15, -0.1) is 0 Å². The molecule has 2 saturated heterocycles. The third-order valence-corrected chi connectivity index (χ3v) is 5.50. The number of hydrogen-bond acceptors (Lipinski definition) is 2. The lowest BCUT2D eigenvalue weighted by Crippen LogP contribution is -2.59. The van der Waals surface area contributed by atoms with Crippen LogP contribution in [0.1, 0.15) is 44.9 Å². The van der Waals surface area contributed by atoms with Gasteiger partial charge in [0.15, 0.2) is 0 Å². The number of nitrogens with zero attached hydrogens (tertiary/aromatic N) is 1. The van der Waals surface area contributed by atoms with Gasteiger partial charge >= 0.3 is 6.18 Å². The van der Waals surface area contributed by atoms with E-state index in [1.807, 2.05) is 4.90 Å². The van der Waals surface area contributed by atoms with E-state index in [0.29, 0.717) is 25.0 Å². The van der Waals surface area contributed by atoms with E-state index in [1.54, 1.807) is 0 Å². The molecule has 1 aliphatic carbocycles. The fourth-order valence-corrected chi connectivity index (χ4v) is 4.21. The second-order valence-corrected chi connectivity index (χ2v) is 6.76. The molecule has 2 heterocycles. The van der Waals surface area contributed by atoms with Crippen LogP contribution in [-0.2, 0) is 4.79 Å². The summed E-state index contributed by atoms with van der Waals surface area (Å²) in [6.07, 6.45) is 1.56. The Labute approximate surface area is 123 Å². The second-order valence-electron chi connectivity index (χ2n) is 6.76. The van der Waals surface area contributed by atoms with Crippen molar-refractivity contribution in [3.63, 3.8) is 0 Å². The molecule has 3 fully saturated rings. The first kappa shape index (κ1) is 15.1. The van der Waals surface area contributed by atoms with Gasteiger partial charge in [0.05, 0.1) is 12.0 Å². The lowest BCUT2D eigenvalue weighted by molar-refractivity contribution is -0.186. The van der Waals surface area contributed by atoms with Crippen LogP contribution in [0, 0.1) is 11.8 Å². The molecule has 0 bridgehead atoms. The standard InChI is InChI=1S/C15H23F3N2O/c16-15(17,18)11-5-7-20(8-6-11)13-9-10-3-1-2-4-12(10)19-14(13)21/h10-13H,1-9H2,(H,19,21)/t10-,12+,13+/m0/s1. The maximum absolute atomic E-state index is 12.7. The third kappa shape index (κ3) is 3.20. The molecule has 3 atom stereocenters. The molecule has 0 aromatic carbocycles. The summed E-state index contributed by atoms with van der Waals surface area (Å²) in [6, 6.07) is 0.0914. The van der Waals surface area contributed by atoms with Crippen LogP contribution in [-0.4, -0.2) is 42.2 Å². The molecular weight excluding hydrogens is 281 g/mol. The molecule has 120 valence electrons. The highest BCUT2D eigenvalue weighted by Gasteiger charge is 2.44. The van der Waals surface area contributed by atoms with E-state index >= 15 is 0 Å². The van der Waals surface area contributed by atoms with E-state index in [2.05, 4.69) is 5.32 Å². The number of carbonyl (C=O) groups is 1. The molecule has 3 aliphatic rings. The lowest BCUT2D eigenvalue weighted by atomic mass is 9.77. The molecule has 0 radical (unpaired) electrons. The number of alkyl halides is 3. The molecule has 0 spiro atoms. The van der Waals surface area contributed by atoms with Crippen molar-refractivity contribution in [2.75, 3.05) is 13.1 Å². The lowest BCUT2D eigenvalue weighted by Gasteiger charge is -2.45. The van der Waals surface area contributed by atoms with Crippen molar-refractivity contribution in [1.29, 1.82) is 0 Å². The molecule has 0 unspecified atom stereocenters. The zero-order valence-corrected chi connectivity index (χ0v) is 12.2. The fourth-order valence-electron chi connectivity index (χ4n) is 4.21. The van der Waals surface area contributed by atoms with Gasteiger partial charge in [0, 0.05) is 6.04 Å². The molecule has 1 N–H and O–H groups in total. The Morgan fingerprint density at radius 2 is 1.71 bits per heavy atom. The van der Waals surface area contributed by atoms with Crippen LogP contribution in [0.3, 0.4) is 0 Å². The van der Waals surface area contributed by atoms with Crippen molar-refractivity contribution < 1.29 is 18.0 Å². The number of piperidine rings is 2. The van der Waals surface area contributed by atoms with E-state index in [-0.39, 0.29) is 24.8 Å². The van der Waals surface area contributed by atoms with Crippen LogP contribution in [0.25, 0.3) is 0 Å². The van der Waals surface area contributed by atoms with Gasteiger partial charge in [-0.3, -0.25) is 9.69 Å². The number of rotatable bonds is 1. The van der Waals surface area contributed by atoms with Gasteiger partial charge in [-0.1, -0.05) is 12.8 Å². The molecule has 1 saturated carbocycles. The first-order valence-corrected chi connectivity index (χ1v) is 8.06. The highest BCUT2D eigenvalue weighted by molar-refractivity contribution is 5.83. The first-order chi connectivity index (χ1) is 9.95. The summed E-state index contributed by atoms with van der Waals surface area (Å²) in [6.45, 7) is 0.777. The quantitative estimate of drug-likeness (QED) is 0.808. The number of nitrogens with one attached hydrogen (secondary N) is 1. The molecule has 21 heavy (non-hydrogen) atoms. The maximum Gasteiger partial charge on any atom is 0.391 e. The fraction of sp³-hybridized carbons (Fsp3) is 0.933. The van der Waals surface area contributed by atoms with Crippen LogP contribution >= 0.6 is 0 Å². The minimum atomic E-state index is -4.09. The molecule has 0 aromatic rings. The summed E-state index contributed by atoms with van der Waals surface area (Å²) in [5, 5.41) is 3.10. The Balaban J connectivity index is 1.59. The molecule has 6 heteroatoms. The van der Waals surface area contributed by atoms with E-state index in [0.717, 1.165) is 19.3 Å². The summed E-state index contributed by atoms with van der Waals surface area (Å²) < 4.78 is 38.1. The van der Waals surface area contributed by atoms with Gasteiger partial charge in [0.25, 0.3) is 0 Å². The Morgan fingerprint density at radius 3 is 2.38 bits per heavy atom. The van der Waals surface area contributed by atoms with Crippen molar-refractivity contribution in [2.24, 2.45) is 11.8 Å². The summed E-state index contributed by atoms with van der Waals surface area (Å²) in [5.41, 5.74) is 0. The Kier molecular flexibility index (Phi) is 4.17. The first-order valence-electron chi connectivity index (χ1n) is 8.06. The molecule has 0 aromatic heterocycles. The Bertz CT molecular complexity index is 391. The van der Waals surface area contributed by atoms with Gasteiger partial charge in [0.1, 0.15) is 0 Å². The number of amides is 1. The normalized spacial score (nSPS) is 36.1. The van der Waals surface area contributed by atoms with Crippen LogP contribution < -0.4 is 5.32 Å². The molecule has 3 rings (SSSR count). The zero-order chi connectivity index (χ0) is 15.0. The van der Waals surface area contributed by atoms with Crippen molar-refractivity contribution in [3.05, 3.63) is 0 Å². The Hall–Kier alpha value is -0.780. The number of fused-ring (bicyclic) bond motifs is 1. The van der Waals surface area contributed by atoms with E-state index in [1.165, 1.54) is 12.8 Å². The van der Waals surface area contributed by atoms with Crippen LogP contribution in [0.2, 0.25) is 0 Å². The van der Waals surface area contributed by atoms with Crippen molar-refractivity contribution in [3.8, 4) is 0 Å². The predicted molar refractivity (Wildman–Crippen MR) is 72.6 cm³/mol. The third-order valence-electron chi connectivity index (χ3n) is 5.50. The number of halogens is 3. The van der Waals surface area contributed by atoms with Gasteiger partial charge in [-0.25, -0.2) is 0 Å². The smallest absolute Gasteiger partial charge is 0.352 e. The summed E-state index contributed by atoms with van der Waals surface area (Å²) >= 11 is 0. The van der Waals surface area contributed by atoms with Gasteiger partial charge < -0.3 is 5.32 Å². The van der Waals surface area contributed by atoms with Gasteiger partial charge in [-0.2, -0.15) is 13.2 Å². The number of carbonyl (C=O) groups excluding carboxylic acids is 1. The molecular formula is C15H23F3N2O. The summed E-state index contributed by atoms with van der Waals surface area (Å²) in [5.74, 6) is -0.645. The molecule has 2 aliphatic heterocycles. The van der Waals surface area contributed by atoms with E-state index in [9.17, 15) is 18.0 Å². The summed E-state index contributed by atoms with van der Waals surface area (Å²) in [7, 11) is 0. The second kappa shape index (κ2) is 5.78. The minimum absolute atomic E-state index is 0.0311. The van der Waals surface area contributed by atoms with Gasteiger partial charge in [0.2, 0.25) is 5.91 Å².